The molecule has 3 aliphatic rings. The molecule has 2 saturated carbocycles. The SMILES string of the molecule is O=C(COc1ccc(Cl)c(F)c1)NC1C[C@H](NC(=O)C2CNc3ccccc32)C2CCC12. The monoisotopic (exact) mass is 457 g/mol. The summed E-state index contributed by atoms with van der Waals surface area (Å²) in [4.78, 5) is 25.4. The molecule has 2 fully saturated rings. The normalized spacial score (nSPS) is 27.5. The highest BCUT2D eigenvalue weighted by molar-refractivity contribution is 6.30. The van der Waals surface area contributed by atoms with Crippen molar-refractivity contribution >= 4 is 29.1 Å². The Morgan fingerprint density at radius 2 is 1.84 bits per heavy atom. The molecule has 0 bridgehead atoms. The fourth-order valence-corrected chi connectivity index (χ4v) is 5.39. The summed E-state index contributed by atoms with van der Waals surface area (Å²) in [6.45, 7) is 0.408. The fraction of sp³-hybridized carbons (Fsp3) is 0.417. The molecule has 3 N–H and O–H groups in total. The minimum atomic E-state index is -0.587. The van der Waals surface area contributed by atoms with E-state index in [9.17, 15) is 14.0 Å². The van der Waals surface area contributed by atoms with Crippen LogP contribution < -0.4 is 20.7 Å². The van der Waals surface area contributed by atoms with Gasteiger partial charge in [0.1, 0.15) is 11.6 Å². The molecule has 0 aromatic heterocycles. The average Bonchev–Trinajstić information content (AvgIpc) is 3.26. The number of carbonyl (C=O) groups is 2. The molecular formula is C24H25ClFN3O3. The molecule has 5 atom stereocenters. The lowest BCUT2D eigenvalue weighted by Crippen LogP contribution is -2.45. The van der Waals surface area contributed by atoms with E-state index in [-0.39, 0.29) is 47.2 Å². The lowest BCUT2D eigenvalue weighted by atomic mass is 9.73. The van der Waals surface area contributed by atoms with E-state index in [0.29, 0.717) is 24.8 Å². The molecule has 0 radical (unpaired) electrons. The smallest absolute Gasteiger partial charge is 0.258 e. The number of anilines is 1. The molecule has 5 rings (SSSR count). The van der Waals surface area contributed by atoms with Crippen molar-refractivity contribution in [2.24, 2.45) is 11.8 Å². The number of halogens is 2. The zero-order chi connectivity index (χ0) is 22.2. The fourth-order valence-electron chi connectivity index (χ4n) is 5.27. The standard InChI is InChI=1S/C24H25ClFN3O3/c25-18-8-5-13(9-19(18)26)32-12-23(30)28-21-10-22(16-7-6-15(16)21)29-24(31)17-11-27-20-4-2-1-3-14(17)20/h1-5,8-9,15-17,21-22,27H,6-7,10-12H2,(H,28,30)(H,29,31)/t15?,16?,17?,21?,22-/m0/s1. The third-order valence-corrected chi connectivity index (χ3v) is 7.32. The number of rotatable bonds is 6. The van der Waals surface area contributed by atoms with Crippen LogP contribution in [0.5, 0.6) is 5.75 Å². The first-order valence-corrected chi connectivity index (χ1v) is 11.4. The summed E-state index contributed by atoms with van der Waals surface area (Å²) < 4.78 is 18.9. The number of carbonyl (C=O) groups excluding carboxylic acids is 2. The van der Waals surface area contributed by atoms with Gasteiger partial charge in [-0.3, -0.25) is 9.59 Å². The average molecular weight is 458 g/mol. The van der Waals surface area contributed by atoms with Gasteiger partial charge in [-0.15, -0.1) is 0 Å². The lowest BCUT2D eigenvalue weighted by Gasteiger charge is -2.36. The van der Waals surface area contributed by atoms with Crippen LogP contribution in [0.3, 0.4) is 0 Å². The van der Waals surface area contributed by atoms with Crippen LogP contribution in [-0.4, -0.2) is 37.0 Å². The van der Waals surface area contributed by atoms with Crippen LogP contribution in [-0.2, 0) is 9.59 Å². The highest BCUT2D eigenvalue weighted by Crippen LogP contribution is 2.47. The molecule has 2 aromatic carbocycles. The molecule has 2 aromatic rings. The second-order valence-electron chi connectivity index (χ2n) is 8.82. The van der Waals surface area contributed by atoms with Crippen molar-refractivity contribution in [1.82, 2.24) is 10.6 Å². The Balaban J connectivity index is 1.15. The molecular weight excluding hydrogens is 433 g/mol. The third kappa shape index (κ3) is 4.01. The van der Waals surface area contributed by atoms with E-state index >= 15 is 0 Å². The van der Waals surface area contributed by atoms with Gasteiger partial charge in [0, 0.05) is 30.4 Å². The highest BCUT2D eigenvalue weighted by atomic mass is 35.5. The first-order valence-electron chi connectivity index (χ1n) is 11.0. The molecule has 8 heteroatoms. The first kappa shape index (κ1) is 21.1. The van der Waals surface area contributed by atoms with Crippen LogP contribution >= 0.6 is 11.6 Å². The molecule has 1 aliphatic heterocycles. The number of para-hydroxylation sites is 1. The van der Waals surface area contributed by atoms with E-state index in [2.05, 4.69) is 16.0 Å². The molecule has 32 heavy (non-hydrogen) atoms. The topological polar surface area (TPSA) is 79.5 Å². The molecule has 2 aliphatic carbocycles. The molecule has 0 saturated heterocycles. The number of ether oxygens (including phenoxy) is 1. The number of nitrogens with one attached hydrogen (secondary N) is 3. The summed E-state index contributed by atoms with van der Waals surface area (Å²) in [5, 5.41) is 9.60. The van der Waals surface area contributed by atoms with Gasteiger partial charge in [0.15, 0.2) is 6.61 Å². The number of hydrogen-bond donors (Lipinski definition) is 3. The van der Waals surface area contributed by atoms with E-state index in [0.717, 1.165) is 30.2 Å². The Morgan fingerprint density at radius 3 is 2.59 bits per heavy atom. The minimum Gasteiger partial charge on any atom is -0.484 e. The van der Waals surface area contributed by atoms with Crippen LogP contribution in [0.2, 0.25) is 5.02 Å². The Labute approximate surface area is 190 Å². The number of benzene rings is 2. The predicted octanol–water partition coefficient (Wildman–Crippen LogP) is 3.47. The molecule has 4 unspecified atom stereocenters. The van der Waals surface area contributed by atoms with E-state index in [1.807, 2.05) is 24.3 Å². The first-order chi connectivity index (χ1) is 15.5. The molecule has 0 spiro atoms. The van der Waals surface area contributed by atoms with Crippen molar-refractivity contribution in [2.45, 2.75) is 37.3 Å². The molecule has 1 heterocycles. The Bertz CT molecular complexity index is 1050. The van der Waals surface area contributed by atoms with Crippen molar-refractivity contribution in [2.75, 3.05) is 18.5 Å². The van der Waals surface area contributed by atoms with Gasteiger partial charge in [-0.2, -0.15) is 0 Å². The maximum atomic E-state index is 13.5. The summed E-state index contributed by atoms with van der Waals surface area (Å²) >= 11 is 5.67. The van der Waals surface area contributed by atoms with Crippen LogP contribution in [0, 0.1) is 17.7 Å². The molecule has 168 valence electrons. The number of amides is 2. The van der Waals surface area contributed by atoms with Gasteiger partial charge in [0.05, 0.1) is 10.9 Å². The summed E-state index contributed by atoms with van der Waals surface area (Å²) in [5.74, 6) is 0.0231. The van der Waals surface area contributed by atoms with Crippen LogP contribution in [0.25, 0.3) is 0 Å². The number of hydrogen-bond acceptors (Lipinski definition) is 4. The summed E-state index contributed by atoms with van der Waals surface area (Å²) in [6.07, 6.45) is 2.81. The van der Waals surface area contributed by atoms with Crippen molar-refractivity contribution in [1.29, 1.82) is 0 Å². The molecule has 2 amide bonds. The van der Waals surface area contributed by atoms with Gasteiger partial charge in [0.2, 0.25) is 5.91 Å². The van der Waals surface area contributed by atoms with E-state index in [1.54, 1.807) is 0 Å². The predicted molar refractivity (Wildman–Crippen MR) is 119 cm³/mol. The van der Waals surface area contributed by atoms with Crippen molar-refractivity contribution in [3.05, 3.63) is 58.9 Å². The van der Waals surface area contributed by atoms with Crippen molar-refractivity contribution < 1.29 is 18.7 Å². The van der Waals surface area contributed by atoms with Gasteiger partial charge < -0.3 is 20.7 Å². The summed E-state index contributed by atoms with van der Waals surface area (Å²) in [6, 6.07) is 12.1. The van der Waals surface area contributed by atoms with E-state index < -0.39 is 5.82 Å². The van der Waals surface area contributed by atoms with Crippen LogP contribution in [0.4, 0.5) is 10.1 Å². The van der Waals surface area contributed by atoms with Gasteiger partial charge in [-0.25, -0.2) is 4.39 Å². The third-order valence-electron chi connectivity index (χ3n) is 7.01. The van der Waals surface area contributed by atoms with E-state index in [4.69, 9.17) is 16.3 Å². The summed E-state index contributed by atoms with van der Waals surface area (Å²) in [5.41, 5.74) is 2.06. The minimum absolute atomic E-state index is 0.00564. The second-order valence-corrected chi connectivity index (χ2v) is 9.22. The Kier molecular flexibility index (Phi) is 5.67. The Hall–Kier alpha value is -2.80. The van der Waals surface area contributed by atoms with Crippen LogP contribution in [0.15, 0.2) is 42.5 Å². The quantitative estimate of drug-likeness (QED) is 0.620. The van der Waals surface area contributed by atoms with Crippen LogP contribution in [0.1, 0.15) is 30.7 Å². The second kappa shape index (κ2) is 8.62. The largest absolute Gasteiger partial charge is 0.484 e. The lowest BCUT2D eigenvalue weighted by molar-refractivity contribution is -0.124. The van der Waals surface area contributed by atoms with E-state index in [1.165, 1.54) is 12.1 Å². The zero-order valence-corrected chi connectivity index (χ0v) is 18.2. The van der Waals surface area contributed by atoms with Gasteiger partial charge in [0.25, 0.3) is 5.91 Å². The Morgan fingerprint density at radius 1 is 1.09 bits per heavy atom. The summed E-state index contributed by atoms with van der Waals surface area (Å²) in [7, 11) is 0. The van der Waals surface area contributed by atoms with Crippen molar-refractivity contribution in [3.8, 4) is 5.75 Å². The van der Waals surface area contributed by atoms with Gasteiger partial charge >= 0.3 is 0 Å². The maximum absolute atomic E-state index is 13.5. The number of fused-ring (bicyclic) bond motifs is 2. The highest BCUT2D eigenvalue weighted by Gasteiger charge is 2.50. The van der Waals surface area contributed by atoms with Gasteiger partial charge in [-0.1, -0.05) is 29.8 Å². The van der Waals surface area contributed by atoms with Gasteiger partial charge in [-0.05, 0) is 54.9 Å². The molecule has 6 nitrogen and oxygen atoms in total. The zero-order valence-electron chi connectivity index (χ0n) is 17.4. The van der Waals surface area contributed by atoms with Crippen molar-refractivity contribution in [3.63, 3.8) is 0 Å². The maximum Gasteiger partial charge on any atom is 0.258 e.